The maximum absolute atomic E-state index is 9.82. The SMILES string of the molecule is CCOC(C)=O.CCOC(C)=O.CCOC(C)=O.CCOC(C)=O.CCOC(C)=O.CCOC(C)=O.CCOC(C)=O.CCOC(C)=O.CCOC(C)=O.CCOC(C)=O.Cc1ccccc1. The lowest BCUT2D eigenvalue weighted by Gasteiger charge is -1.89. The van der Waals surface area contributed by atoms with Crippen molar-refractivity contribution in [2.45, 2.75) is 145 Å². The lowest BCUT2D eigenvalue weighted by atomic mass is 10.2. The molecule has 0 fully saturated rings. The van der Waals surface area contributed by atoms with Gasteiger partial charge in [0.1, 0.15) is 0 Å². The molecule has 1 aromatic rings. The van der Waals surface area contributed by atoms with Gasteiger partial charge in [-0.3, -0.25) is 47.9 Å². The van der Waals surface area contributed by atoms with Gasteiger partial charge >= 0.3 is 59.7 Å². The summed E-state index contributed by atoms with van der Waals surface area (Å²) < 4.78 is 44.0. The topological polar surface area (TPSA) is 263 Å². The van der Waals surface area contributed by atoms with E-state index in [-0.39, 0.29) is 59.7 Å². The van der Waals surface area contributed by atoms with Gasteiger partial charge in [-0.25, -0.2) is 0 Å². The van der Waals surface area contributed by atoms with E-state index in [9.17, 15) is 47.9 Å². The average molecular weight is 973 g/mol. The first-order valence-electron chi connectivity index (χ1n) is 21.5. The zero-order chi connectivity index (χ0) is 55.0. The Morgan fingerprint density at radius 3 is 0.388 bits per heavy atom. The van der Waals surface area contributed by atoms with Crippen molar-refractivity contribution in [3.8, 4) is 0 Å². The summed E-state index contributed by atoms with van der Waals surface area (Å²) >= 11 is 0. The van der Waals surface area contributed by atoms with Crippen molar-refractivity contribution in [2.24, 2.45) is 0 Å². The van der Waals surface area contributed by atoms with E-state index in [0.717, 1.165) is 0 Å². The summed E-state index contributed by atoms with van der Waals surface area (Å²) in [5, 5.41) is 0. The van der Waals surface area contributed by atoms with Gasteiger partial charge in [-0.2, -0.15) is 0 Å². The molecule has 20 heteroatoms. The molecule has 0 saturated carbocycles. The molecule has 0 spiro atoms. The van der Waals surface area contributed by atoms with Crippen LogP contribution >= 0.6 is 0 Å². The summed E-state index contributed by atoms with van der Waals surface area (Å²) in [6.45, 7) is 38.6. The molecule has 20 nitrogen and oxygen atoms in total. The Morgan fingerprint density at radius 1 is 0.254 bits per heavy atom. The summed E-state index contributed by atoms with van der Waals surface area (Å²) in [5.74, 6) is -2.11. The van der Waals surface area contributed by atoms with Gasteiger partial charge in [0.05, 0.1) is 66.1 Å². The predicted octanol–water partition coefficient (Wildman–Crippen LogP) is 7.69. The molecular formula is C47H88O20. The van der Waals surface area contributed by atoms with Crippen molar-refractivity contribution in [1.82, 2.24) is 0 Å². The second-order valence-corrected chi connectivity index (χ2v) is 10.9. The zero-order valence-electron chi connectivity index (χ0n) is 44.6. The number of hydrogen-bond acceptors (Lipinski definition) is 20. The van der Waals surface area contributed by atoms with Crippen LogP contribution in [0.2, 0.25) is 0 Å². The van der Waals surface area contributed by atoms with Crippen molar-refractivity contribution in [2.75, 3.05) is 66.1 Å². The molecule has 0 N–H and O–H groups in total. The normalized spacial score (nSPS) is 7.78. The van der Waals surface area contributed by atoms with E-state index in [2.05, 4.69) is 66.4 Å². The minimum absolute atomic E-state index is 0.211. The van der Waals surface area contributed by atoms with E-state index in [1.165, 1.54) is 74.8 Å². The van der Waals surface area contributed by atoms with Crippen LogP contribution in [0.3, 0.4) is 0 Å². The number of benzene rings is 1. The van der Waals surface area contributed by atoms with Gasteiger partial charge in [-0.05, 0) is 76.2 Å². The van der Waals surface area contributed by atoms with Crippen molar-refractivity contribution in [3.05, 3.63) is 35.9 Å². The largest absolute Gasteiger partial charge is 0.466 e. The molecule has 0 amide bonds. The molecule has 0 bridgehead atoms. The van der Waals surface area contributed by atoms with Gasteiger partial charge < -0.3 is 47.4 Å². The fourth-order valence-electron chi connectivity index (χ4n) is 2.57. The number of carbonyl (C=O) groups excluding carboxylic acids is 10. The van der Waals surface area contributed by atoms with Crippen molar-refractivity contribution in [3.63, 3.8) is 0 Å². The maximum Gasteiger partial charge on any atom is 0.302 e. The minimum atomic E-state index is -0.211. The number of ether oxygens (including phenoxy) is 10. The Balaban J connectivity index is -0.0000000667. The van der Waals surface area contributed by atoms with Crippen molar-refractivity contribution in [1.29, 1.82) is 0 Å². The third kappa shape index (κ3) is 197. The first kappa shape index (κ1) is 84.4. The molecule has 396 valence electrons. The van der Waals surface area contributed by atoms with Crippen LogP contribution in [0.5, 0.6) is 0 Å². The molecule has 1 aromatic carbocycles. The third-order valence-electron chi connectivity index (χ3n) is 4.42. The smallest absolute Gasteiger partial charge is 0.302 e. The number of esters is 10. The number of hydrogen-bond donors (Lipinski definition) is 0. The Morgan fingerprint density at radius 2 is 0.358 bits per heavy atom. The third-order valence-corrected chi connectivity index (χ3v) is 4.42. The molecule has 0 saturated heterocycles. The lowest BCUT2D eigenvalue weighted by Crippen LogP contribution is -1.95. The van der Waals surface area contributed by atoms with Gasteiger partial charge in [0.15, 0.2) is 0 Å². The van der Waals surface area contributed by atoms with E-state index < -0.39 is 0 Å². The fourth-order valence-corrected chi connectivity index (χ4v) is 2.57. The minimum Gasteiger partial charge on any atom is -0.466 e. The molecule has 1 rings (SSSR count). The highest BCUT2D eigenvalue weighted by Gasteiger charge is 1.86. The Hall–Kier alpha value is -6.08. The maximum atomic E-state index is 9.82. The van der Waals surface area contributed by atoms with Crippen molar-refractivity contribution >= 4 is 59.7 Å². The van der Waals surface area contributed by atoms with Crippen LogP contribution < -0.4 is 0 Å². The first-order chi connectivity index (χ1) is 31.1. The van der Waals surface area contributed by atoms with Gasteiger partial charge in [-0.1, -0.05) is 35.9 Å². The van der Waals surface area contributed by atoms with Crippen LogP contribution in [-0.2, 0) is 95.3 Å². The van der Waals surface area contributed by atoms with Gasteiger partial charge in [0, 0.05) is 69.2 Å². The second kappa shape index (κ2) is 77.2. The van der Waals surface area contributed by atoms with Crippen LogP contribution in [-0.4, -0.2) is 126 Å². The van der Waals surface area contributed by atoms with E-state index in [1.54, 1.807) is 69.2 Å². The molecular weight excluding hydrogens is 884 g/mol. The number of carbonyl (C=O) groups is 10. The number of rotatable bonds is 10. The Labute approximate surface area is 401 Å². The molecule has 0 unspecified atom stereocenters. The second-order valence-electron chi connectivity index (χ2n) is 10.9. The lowest BCUT2D eigenvalue weighted by molar-refractivity contribution is -0.141. The zero-order valence-corrected chi connectivity index (χ0v) is 44.6. The summed E-state index contributed by atoms with van der Waals surface area (Å²) in [6.07, 6.45) is 0. The predicted molar refractivity (Wildman–Crippen MR) is 254 cm³/mol. The van der Waals surface area contributed by atoms with E-state index in [4.69, 9.17) is 0 Å². The highest BCUT2D eigenvalue weighted by atomic mass is 16.6. The summed E-state index contributed by atoms with van der Waals surface area (Å²) in [5.41, 5.74) is 1.32. The van der Waals surface area contributed by atoms with Gasteiger partial charge in [0.2, 0.25) is 0 Å². The summed E-state index contributed by atoms with van der Waals surface area (Å²) in [6, 6.07) is 10.3. The molecule has 67 heavy (non-hydrogen) atoms. The van der Waals surface area contributed by atoms with Gasteiger partial charge in [-0.15, -0.1) is 0 Å². The standard InChI is InChI=1S/C7H8.10C4H8O2/c1-7-5-3-2-4-6-7;10*1-3-6-4(2)5/h2-6H,1H3;10*3H2,1-2H3. The van der Waals surface area contributed by atoms with Crippen LogP contribution in [0.1, 0.15) is 144 Å². The van der Waals surface area contributed by atoms with Crippen LogP contribution in [0.4, 0.5) is 0 Å². The first-order valence-corrected chi connectivity index (χ1v) is 21.5. The fraction of sp³-hybridized carbons (Fsp3) is 0.660. The van der Waals surface area contributed by atoms with Crippen LogP contribution in [0, 0.1) is 6.92 Å². The molecule has 0 aliphatic rings. The molecule has 0 aliphatic heterocycles. The number of aryl methyl sites for hydroxylation is 1. The highest BCUT2D eigenvalue weighted by Crippen LogP contribution is 1.92. The molecule has 0 heterocycles. The van der Waals surface area contributed by atoms with Crippen LogP contribution in [0.15, 0.2) is 30.3 Å². The quantitative estimate of drug-likeness (QED) is 0.161. The summed E-state index contributed by atoms with van der Waals surface area (Å²) in [7, 11) is 0. The van der Waals surface area contributed by atoms with E-state index in [1.807, 2.05) is 18.2 Å². The van der Waals surface area contributed by atoms with Crippen molar-refractivity contribution < 1.29 is 95.3 Å². The molecule has 0 radical (unpaired) electrons. The van der Waals surface area contributed by atoms with E-state index >= 15 is 0 Å². The molecule has 0 aliphatic carbocycles. The summed E-state index contributed by atoms with van der Waals surface area (Å²) in [4.78, 5) is 98.2. The monoisotopic (exact) mass is 973 g/mol. The highest BCUT2D eigenvalue weighted by molar-refractivity contribution is 5.68. The van der Waals surface area contributed by atoms with Gasteiger partial charge in [0.25, 0.3) is 0 Å². The molecule has 0 atom stereocenters. The van der Waals surface area contributed by atoms with E-state index in [0.29, 0.717) is 66.1 Å². The Kier molecular flexibility index (Phi) is 97.2. The van der Waals surface area contributed by atoms with Crippen LogP contribution in [0.25, 0.3) is 0 Å². The average Bonchev–Trinajstić information content (AvgIpc) is 3.17. The Bertz CT molecular complexity index is 1030. The molecule has 0 aromatic heterocycles.